The highest BCUT2D eigenvalue weighted by molar-refractivity contribution is 5.98. The Hall–Kier alpha value is -4.38. The van der Waals surface area contributed by atoms with Gasteiger partial charge >= 0.3 is 0 Å². The maximum absolute atomic E-state index is 10.7. The van der Waals surface area contributed by atoms with Gasteiger partial charge in [-0.25, -0.2) is 9.98 Å². The molecule has 7 N–H and O–H groups in total. The molecule has 1 atom stereocenters. The summed E-state index contributed by atoms with van der Waals surface area (Å²) >= 11 is 0. The molecule has 0 saturated carbocycles. The number of fused-ring (bicyclic) bond motifs is 1. The average molecular weight is 380 g/mol. The first-order valence-electron chi connectivity index (χ1n) is 7.88. The number of aromatic hydroxyl groups is 1. The maximum Gasteiger partial charge on any atom is 0.211 e. The van der Waals surface area contributed by atoms with Crippen LogP contribution in [0.15, 0.2) is 17.1 Å². The van der Waals surface area contributed by atoms with Crippen molar-refractivity contribution in [2.75, 3.05) is 31.0 Å². The summed E-state index contributed by atoms with van der Waals surface area (Å²) in [4.78, 5) is 8.55. The van der Waals surface area contributed by atoms with Crippen LogP contribution in [0.3, 0.4) is 0 Å². The molecule has 0 amide bonds. The number of hydrogen-bond donors (Lipinski definition) is 5. The molecule has 0 spiro atoms. The zero-order chi connectivity index (χ0) is 20.4. The van der Waals surface area contributed by atoms with Crippen LogP contribution in [0.4, 0.5) is 17.3 Å². The van der Waals surface area contributed by atoms with Crippen LogP contribution in [0, 0.1) is 22.8 Å². The molecule has 1 aliphatic heterocycles. The Morgan fingerprint density at radius 3 is 2.61 bits per heavy atom. The zero-order valence-corrected chi connectivity index (χ0v) is 14.9. The summed E-state index contributed by atoms with van der Waals surface area (Å²) in [5.41, 5.74) is 12.6. The SMILES string of the molecule is COc1cc(OC)c(O)c(C2N=C(NC#N)Nc3nc(N)c(C#N)c(N)c32)c1. The van der Waals surface area contributed by atoms with Crippen LogP contribution < -0.4 is 31.6 Å². The number of rotatable bonds is 3. The molecule has 1 aromatic heterocycles. The van der Waals surface area contributed by atoms with Crippen molar-refractivity contribution in [3.63, 3.8) is 0 Å². The zero-order valence-electron chi connectivity index (χ0n) is 14.9. The Labute approximate surface area is 159 Å². The molecule has 1 aromatic carbocycles. The van der Waals surface area contributed by atoms with E-state index in [0.717, 1.165) is 0 Å². The molecule has 2 heterocycles. The molecule has 28 heavy (non-hydrogen) atoms. The number of ether oxygens (including phenoxy) is 2. The summed E-state index contributed by atoms with van der Waals surface area (Å²) in [5.74, 6) is 0.552. The Bertz CT molecular complexity index is 1070. The minimum absolute atomic E-state index is 0.00760. The summed E-state index contributed by atoms with van der Waals surface area (Å²) in [6.07, 6.45) is 1.75. The van der Waals surface area contributed by atoms with Gasteiger partial charge in [0.15, 0.2) is 17.7 Å². The van der Waals surface area contributed by atoms with Crippen LogP contribution in [0.2, 0.25) is 0 Å². The van der Waals surface area contributed by atoms with E-state index in [2.05, 4.69) is 20.6 Å². The molecule has 11 nitrogen and oxygen atoms in total. The van der Waals surface area contributed by atoms with Gasteiger partial charge in [-0.05, 0) is 6.07 Å². The Morgan fingerprint density at radius 1 is 1.25 bits per heavy atom. The van der Waals surface area contributed by atoms with Crippen molar-refractivity contribution in [1.82, 2.24) is 10.3 Å². The largest absolute Gasteiger partial charge is 0.504 e. The molecule has 11 heteroatoms. The van der Waals surface area contributed by atoms with Crippen molar-refractivity contribution in [2.45, 2.75) is 6.04 Å². The van der Waals surface area contributed by atoms with E-state index in [9.17, 15) is 10.4 Å². The predicted octanol–water partition coefficient (Wildman–Crippen LogP) is 0.782. The van der Waals surface area contributed by atoms with Gasteiger partial charge in [-0.1, -0.05) is 0 Å². The third-order valence-corrected chi connectivity index (χ3v) is 4.19. The van der Waals surface area contributed by atoms with Crippen molar-refractivity contribution in [1.29, 1.82) is 10.5 Å². The van der Waals surface area contributed by atoms with E-state index in [4.69, 9.17) is 26.2 Å². The number of guanidine groups is 1. The minimum Gasteiger partial charge on any atom is -0.504 e. The van der Waals surface area contributed by atoms with Gasteiger partial charge in [0.1, 0.15) is 35.1 Å². The van der Waals surface area contributed by atoms with Crippen LogP contribution >= 0.6 is 0 Å². The molecule has 0 fully saturated rings. The Balaban J connectivity index is 2.33. The first kappa shape index (κ1) is 18.4. The lowest BCUT2D eigenvalue weighted by atomic mass is 9.94. The van der Waals surface area contributed by atoms with Crippen molar-refractivity contribution >= 4 is 23.3 Å². The number of aliphatic imine (C=N–C) groups is 1. The van der Waals surface area contributed by atoms with E-state index in [1.54, 1.807) is 12.3 Å². The van der Waals surface area contributed by atoms with Gasteiger partial charge in [-0.3, -0.25) is 5.32 Å². The highest BCUT2D eigenvalue weighted by Crippen LogP contribution is 2.46. The number of phenols is 1. The van der Waals surface area contributed by atoms with Gasteiger partial charge in [0.05, 0.1) is 19.9 Å². The van der Waals surface area contributed by atoms with Crippen LogP contribution in [0.1, 0.15) is 22.7 Å². The van der Waals surface area contributed by atoms with Gasteiger partial charge in [0.2, 0.25) is 5.96 Å². The summed E-state index contributed by atoms with van der Waals surface area (Å²) in [6.45, 7) is 0. The maximum atomic E-state index is 10.7. The normalized spacial score (nSPS) is 14.6. The van der Waals surface area contributed by atoms with Crippen molar-refractivity contribution < 1.29 is 14.6 Å². The van der Waals surface area contributed by atoms with Crippen LogP contribution in [-0.2, 0) is 0 Å². The molecule has 0 saturated heterocycles. The third-order valence-electron chi connectivity index (χ3n) is 4.19. The molecular weight excluding hydrogens is 364 g/mol. The highest BCUT2D eigenvalue weighted by atomic mass is 16.5. The number of anilines is 3. The summed E-state index contributed by atoms with van der Waals surface area (Å²) in [6, 6.07) is 4.05. The smallest absolute Gasteiger partial charge is 0.211 e. The van der Waals surface area contributed by atoms with Crippen LogP contribution in [0.25, 0.3) is 0 Å². The number of hydrogen-bond acceptors (Lipinski definition) is 11. The van der Waals surface area contributed by atoms with Gasteiger partial charge in [-0.15, -0.1) is 0 Å². The quantitative estimate of drug-likeness (QED) is 0.376. The standard InChI is InChI=1S/C17H16N8O3/c1-27-7-3-8(14(26)10(4-7)28-2)13-11-12(20)9(5-18)15(21)24-16(11)25-17(23-13)22-6-19/h3-4,13,26H,1-2H3,(H6,20,21,22,23,24,25). The van der Waals surface area contributed by atoms with E-state index < -0.39 is 6.04 Å². The summed E-state index contributed by atoms with van der Waals surface area (Å²) < 4.78 is 10.5. The van der Waals surface area contributed by atoms with Gasteiger partial charge in [0.25, 0.3) is 0 Å². The minimum atomic E-state index is -0.920. The lowest BCUT2D eigenvalue weighted by Gasteiger charge is -2.27. The second kappa shape index (κ2) is 7.09. The number of methoxy groups -OCH3 is 2. The van der Waals surface area contributed by atoms with E-state index in [-0.39, 0.29) is 45.9 Å². The van der Waals surface area contributed by atoms with E-state index in [1.807, 2.05) is 6.07 Å². The highest BCUT2D eigenvalue weighted by Gasteiger charge is 2.32. The molecule has 2 aromatic rings. The first-order chi connectivity index (χ1) is 13.4. The summed E-state index contributed by atoms with van der Waals surface area (Å²) in [5, 5.41) is 34.2. The molecule has 3 rings (SSSR count). The number of nitrogens with two attached hydrogens (primary N) is 2. The second-order valence-corrected chi connectivity index (χ2v) is 5.67. The number of benzene rings is 1. The fourth-order valence-corrected chi connectivity index (χ4v) is 2.89. The van der Waals surface area contributed by atoms with Crippen LogP contribution in [0.5, 0.6) is 17.2 Å². The van der Waals surface area contributed by atoms with E-state index in [0.29, 0.717) is 11.3 Å². The molecule has 0 radical (unpaired) electrons. The lowest BCUT2D eigenvalue weighted by Crippen LogP contribution is -2.32. The topological polar surface area (TPSA) is 188 Å². The number of pyridine rings is 1. The van der Waals surface area contributed by atoms with Crippen LogP contribution in [-0.4, -0.2) is 30.3 Å². The monoisotopic (exact) mass is 380 g/mol. The molecule has 1 unspecified atom stereocenters. The predicted molar refractivity (Wildman–Crippen MR) is 101 cm³/mol. The molecular formula is C17H16N8O3. The number of nitrogens with one attached hydrogen (secondary N) is 2. The number of nitriles is 2. The fraction of sp³-hybridized carbons (Fsp3) is 0.176. The average Bonchev–Trinajstić information content (AvgIpc) is 2.68. The number of nitrogen functional groups attached to an aromatic ring is 2. The number of aromatic nitrogens is 1. The second-order valence-electron chi connectivity index (χ2n) is 5.67. The first-order valence-corrected chi connectivity index (χ1v) is 7.88. The molecule has 0 aliphatic carbocycles. The third kappa shape index (κ3) is 2.87. The molecule has 0 bridgehead atoms. The molecule has 1 aliphatic rings. The Morgan fingerprint density at radius 2 is 2.00 bits per heavy atom. The molecule has 142 valence electrons. The van der Waals surface area contributed by atoms with Gasteiger partial charge in [-0.2, -0.15) is 10.5 Å². The number of nitrogens with zero attached hydrogens (tertiary/aromatic N) is 4. The summed E-state index contributed by atoms with van der Waals surface area (Å²) in [7, 11) is 2.85. The van der Waals surface area contributed by atoms with Crippen molar-refractivity contribution in [3.8, 4) is 29.5 Å². The van der Waals surface area contributed by atoms with Gasteiger partial charge in [0, 0.05) is 17.2 Å². The van der Waals surface area contributed by atoms with Gasteiger partial charge < -0.3 is 31.4 Å². The fourth-order valence-electron chi connectivity index (χ4n) is 2.89. The van der Waals surface area contributed by atoms with Crippen molar-refractivity contribution in [3.05, 3.63) is 28.8 Å². The van der Waals surface area contributed by atoms with Crippen molar-refractivity contribution in [2.24, 2.45) is 4.99 Å². The lowest BCUT2D eigenvalue weighted by molar-refractivity contribution is 0.360. The van der Waals surface area contributed by atoms with E-state index >= 15 is 0 Å². The Kier molecular flexibility index (Phi) is 4.66. The van der Waals surface area contributed by atoms with E-state index in [1.165, 1.54) is 20.3 Å². The number of phenolic OH excluding ortho intramolecular Hbond substituents is 1.